The molecule has 0 radical (unpaired) electrons. The van der Waals surface area contributed by atoms with Crippen LogP contribution in [0.15, 0.2) is 218 Å². The second kappa shape index (κ2) is 13.9. The summed E-state index contributed by atoms with van der Waals surface area (Å²) in [4.78, 5) is 4.94. The van der Waals surface area contributed by atoms with Gasteiger partial charge in [0.1, 0.15) is 0 Å². The zero-order chi connectivity index (χ0) is 39.5. The maximum Gasteiger partial charge on any atom is 0.0618 e. The lowest BCUT2D eigenvalue weighted by molar-refractivity contribution is 0.632. The minimum absolute atomic E-state index is 0.207. The molecule has 0 unspecified atom stereocenters. The minimum Gasteiger partial charge on any atom is -0.310 e. The van der Waals surface area contributed by atoms with Crippen molar-refractivity contribution in [2.75, 3.05) is 9.80 Å². The Hall–Kier alpha value is -7.42. The lowest BCUT2D eigenvalue weighted by Gasteiger charge is -2.43. The topological polar surface area (TPSA) is 6.48 Å². The molecule has 2 nitrogen and oxygen atoms in total. The van der Waals surface area contributed by atoms with Crippen LogP contribution >= 0.6 is 0 Å². The molecule has 11 rings (SSSR count). The van der Waals surface area contributed by atoms with Gasteiger partial charge in [-0.15, -0.1) is 0 Å². The summed E-state index contributed by atoms with van der Waals surface area (Å²) >= 11 is 0. The Morgan fingerprint density at radius 2 is 0.966 bits per heavy atom. The van der Waals surface area contributed by atoms with Gasteiger partial charge in [0.15, 0.2) is 0 Å². The first-order valence-electron chi connectivity index (χ1n) is 20.5. The van der Waals surface area contributed by atoms with E-state index in [-0.39, 0.29) is 5.41 Å². The van der Waals surface area contributed by atoms with Gasteiger partial charge in [-0.05, 0) is 91.8 Å². The van der Waals surface area contributed by atoms with E-state index in [0.717, 1.165) is 17.1 Å². The summed E-state index contributed by atoms with van der Waals surface area (Å²) in [6.07, 6.45) is 0. The number of fused-ring (bicyclic) bond motifs is 5. The van der Waals surface area contributed by atoms with E-state index in [2.05, 4.69) is 242 Å². The highest BCUT2D eigenvalue weighted by molar-refractivity contribution is 6.08. The highest BCUT2D eigenvalue weighted by atomic mass is 15.2. The van der Waals surface area contributed by atoms with Crippen LogP contribution in [0.1, 0.15) is 25.0 Å². The Morgan fingerprint density at radius 3 is 1.78 bits per heavy atom. The second-order valence-corrected chi connectivity index (χ2v) is 16.2. The smallest absolute Gasteiger partial charge is 0.0618 e. The first-order valence-corrected chi connectivity index (χ1v) is 20.5. The van der Waals surface area contributed by atoms with Crippen molar-refractivity contribution >= 4 is 66.4 Å². The first-order chi connectivity index (χ1) is 29.0. The Balaban J connectivity index is 1.08. The lowest BCUT2D eigenvalue weighted by Crippen LogP contribution is -2.31. The summed E-state index contributed by atoms with van der Waals surface area (Å²) in [5, 5.41) is 7.34. The van der Waals surface area contributed by atoms with Crippen molar-refractivity contribution in [2.24, 2.45) is 0 Å². The molecule has 10 aromatic carbocycles. The van der Waals surface area contributed by atoms with Gasteiger partial charge in [0.25, 0.3) is 0 Å². The molecule has 0 aliphatic carbocycles. The first kappa shape index (κ1) is 34.8. The molecule has 59 heavy (non-hydrogen) atoms. The molecule has 0 amide bonds. The molecule has 1 heterocycles. The van der Waals surface area contributed by atoms with Crippen molar-refractivity contribution in [3.63, 3.8) is 0 Å². The van der Waals surface area contributed by atoms with Crippen LogP contribution in [0.4, 0.5) is 34.1 Å². The lowest BCUT2D eigenvalue weighted by atomic mass is 9.73. The molecule has 280 valence electrons. The predicted molar refractivity (Wildman–Crippen MR) is 251 cm³/mol. The fraction of sp³-hybridized carbons (Fsp3) is 0.0526. The van der Waals surface area contributed by atoms with E-state index in [0.29, 0.717) is 0 Å². The quantitative estimate of drug-likeness (QED) is 0.167. The molecule has 0 saturated heterocycles. The molecule has 1 aliphatic heterocycles. The SMILES string of the molecule is CC1(C)c2ccccc2N(c2c(-c3ccccc3)ccc3ccccc23)c2cc(-c3ccc(N(c4ccc5ccccc5c4)c4cccc5ccccc45)cc3)ccc21. The molecule has 0 spiro atoms. The van der Waals surface area contributed by atoms with Gasteiger partial charge in [0.05, 0.1) is 22.7 Å². The van der Waals surface area contributed by atoms with E-state index in [1.54, 1.807) is 0 Å². The minimum atomic E-state index is -0.207. The number of benzene rings is 10. The zero-order valence-corrected chi connectivity index (χ0v) is 33.2. The second-order valence-electron chi connectivity index (χ2n) is 16.2. The average molecular weight is 755 g/mol. The van der Waals surface area contributed by atoms with Gasteiger partial charge in [-0.1, -0.05) is 190 Å². The largest absolute Gasteiger partial charge is 0.310 e. The van der Waals surface area contributed by atoms with E-state index in [1.165, 1.54) is 82.8 Å². The van der Waals surface area contributed by atoms with Crippen LogP contribution in [-0.4, -0.2) is 0 Å². The van der Waals surface area contributed by atoms with Gasteiger partial charge in [-0.25, -0.2) is 0 Å². The molecule has 0 N–H and O–H groups in total. The standard InChI is InChI=1S/C57H42N2/c1-57(2)51-24-12-13-25-54(51)59(56-49-23-11-9-19-43(49)30-35-50(56)42-16-4-3-5-17-42)55-38-45(31-36-52(55)57)40-27-32-46(33-28-40)58(47-34-29-39-15-6-7-20-44(39)37-47)53-26-14-21-41-18-8-10-22-48(41)53/h3-38H,1-2H3. The Labute approximate surface area is 345 Å². The fourth-order valence-corrected chi connectivity index (χ4v) is 9.43. The Bertz CT molecular complexity index is 3190. The van der Waals surface area contributed by atoms with Crippen LogP contribution < -0.4 is 9.80 Å². The van der Waals surface area contributed by atoms with Crippen LogP contribution in [0, 0.1) is 0 Å². The highest BCUT2D eigenvalue weighted by Gasteiger charge is 2.38. The third kappa shape index (κ3) is 5.79. The fourth-order valence-electron chi connectivity index (χ4n) is 9.43. The highest BCUT2D eigenvalue weighted by Crippen LogP contribution is 2.55. The molecular formula is C57H42N2. The Kier molecular flexibility index (Phi) is 8.20. The van der Waals surface area contributed by atoms with Crippen molar-refractivity contribution < 1.29 is 0 Å². The summed E-state index contributed by atoms with van der Waals surface area (Å²) in [5.41, 5.74) is 14.2. The molecule has 1 aliphatic rings. The number of para-hydroxylation sites is 1. The average Bonchev–Trinajstić information content (AvgIpc) is 3.29. The zero-order valence-electron chi connectivity index (χ0n) is 33.2. The summed E-state index contributed by atoms with van der Waals surface area (Å²) < 4.78 is 0. The van der Waals surface area contributed by atoms with E-state index in [4.69, 9.17) is 0 Å². The number of nitrogens with zero attached hydrogens (tertiary/aromatic N) is 2. The van der Waals surface area contributed by atoms with E-state index >= 15 is 0 Å². The third-order valence-corrected chi connectivity index (χ3v) is 12.4. The van der Waals surface area contributed by atoms with E-state index in [9.17, 15) is 0 Å². The maximum absolute atomic E-state index is 2.54. The van der Waals surface area contributed by atoms with Gasteiger partial charge < -0.3 is 9.80 Å². The molecule has 2 heteroatoms. The van der Waals surface area contributed by atoms with E-state index in [1.807, 2.05) is 0 Å². The molecule has 10 aromatic rings. The monoisotopic (exact) mass is 754 g/mol. The molecule has 0 atom stereocenters. The van der Waals surface area contributed by atoms with Crippen LogP contribution in [0.2, 0.25) is 0 Å². The van der Waals surface area contributed by atoms with Crippen molar-refractivity contribution in [2.45, 2.75) is 19.3 Å². The summed E-state index contributed by atoms with van der Waals surface area (Å²) in [6, 6.07) is 80.0. The molecular weight excluding hydrogens is 713 g/mol. The number of hydrogen-bond donors (Lipinski definition) is 0. The molecule has 0 aromatic heterocycles. The summed E-state index contributed by atoms with van der Waals surface area (Å²) in [5.74, 6) is 0. The number of hydrogen-bond acceptors (Lipinski definition) is 2. The van der Waals surface area contributed by atoms with Gasteiger partial charge in [0, 0.05) is 33.1 Å². The Morgan fingerprint density at radius 1 is 0.373 bits per heavy atom. The van der Waals surface area contributed by atoms with Crippen molar-refractivity contribution in [3.8, 4) is 22.3 Å². The normalized spacial score (nSPS) is 13.0. The van der Waals surface area contributed by atoms with Gasteiger partial charge in [-0.3, -0.25) is 0 Å². The van der Waals surface area contributed by atoms with Crippen molar-refractivity contribution in [1.82, 2.24) is 0 Å². The van der Waals surface area contributed by atoms with Crippen LogP contribution in [0.3, 0.4) is 0 Å². The van der Waals surface area contributed by atoms with Crippen molar-refractivity contribution in [1.29, 1.82) is 0 Å². The molecule has 0 fully saturated rings. The van der Waals surface area contributed by atoms with E-state index < -0.39 is 0 Å². The maximum atomic E-state index is 2.54. The van der Waals surface area contributed by atoms with Gasteiger partial charge >= 0.3 is 0 Å². The predicted octanol–water partition coefficient (Wildman–Crippen LogP) is 16.1. The number of anilines is 6. The third-order valence-electron chi connectivity index (χ3n) is 12.4. The molecule has 0 bridgehead atoms. The van der Waals surface area contributed by atoms with Gasteiger partial charge in [0.2, 0.25) is 0 Å². The van der Waals surface area contributed by atoms with Crippen LogP contribution in [0.5, 0.6) is 0 Å². The van der Waals surface area contributed by atoms with Crippen LogP contribution in [-0.2, 0) is 5.41 Å². The summed E-state index contributed by atoms with van der Waals surface area (Å²) in [6.45, 7) is 4.73. The van der Waals surface area contributed by atoms with Crippen molar-refractivity contribution in [3.05, 3.63) is 230 Å². The number of rotatable bonds is 6. The molecule has 0 saturated carbocycles. The van der Waals surface area contributed by atoms with Gasteiger partial charge in [-0.2, -0.15) is 0 Å². The van der Waals surface area contributed by atoms with Crippen LogP contribution in [0.25, 0.3) is 54.6 Å². The summed E-state index contributed by atoms with van der Waals surface area (Å²) in [7, 11) is 0.